The van der Waals surface area contributed by atoms with Crippen molar-refractivity contribution in [1.82, 2.24) is 0 Å². The Morgan fingerprint density at radius 1 is 1.50 bits per heavy atom. The Labute approximate surface area is 53.0 Å². The van der Waals surface area contributed by atoms with E-state index in [1.807, 2.05) is 0 Å². The van der Waals surface area contributed by atoms with Crippen LogP contribution < -0.4 is 0 Å². The van der Waals surface area contributed by atoms with Crippen LogP contribution in [0.3, 0.4) is 0 Å². The monoisotopic (exact) mass is 131 g/mol. The average Bonchev–Trinajstić information content (AvgIpc) is 1.90. The van der Waals surface area contributed by atoms with E-state index in [-0.39, 0.29) is 0 Å². The van der Waals surface area contributed by atoms with E-state index in [0.717, 1.165) is 17.2 Å². The van der Waals surface area contributed by atoms with E-state index in [2.05, 4.69) is 5.16 Å². The zero-order valence-corrected chi connectivity index (χ0v) is 5.45. The summed E-state index contributed by atoms with van der Waals surface area (Å²) in [5.74, 6) is 1.12. The molecule has 1 fully saturated rings. The number of nitrogens with zero attached hydrogens (tertiary/aromatic N) is 1. The SMILES string of the molecule is ON=C1CCCCS1. The van der Waals surface area contributed by atoms with Crippen LogP contribution in [0.25, 0.3) is 0 Å². The predicted molar refractivity (Wildman–Crippen MR) is 35.5 cm³/mol. The van der Waals surface area contributed by atoms with Crippen LogP contribution in [0, 0.1) is 0 Å². The van der Waals surface area contributed by atoms with Crippen molar-refractivity contribution in [2.24, 2.45) is 5.16 Å². The van der Waals surface area contributed by atoms with E-state index in [9.17, 15) is 0 Å². The van der Waals surface area contributed by atoms with E-state index < -0.39 is 0 Å². The van der Waals surface area contributed by atoms with Crippen LogP contribution in [0.1, 0.15) is 19.3 Å². The average molecular weight is 131 g/mol. The maximum Gasteiger partial charge on any atom is 0.112 e. The van der Waals surface area contributed by atoms with Gasteiger partial charge < -0.3 is 5.21 Å². The van der Waals surface area contributed by atoms with Crippen LogP contribution in [0.5, 0.6) is 0 Å². The summed E-state index contributed by atoms with van der Waals surface area (Å²) in [6.07, 6.45) is 3.43. The molecule has 3 heteroatoms. The van der Waals surface area contributed by atoms with Crippen LogP contribution in [-0.2, 0) is 0 Å². The van der Waals surface area contributed by atoms with Gasteiger partial charge in [-0.1, -0.05) is 5.16 Å². The quantitative estimate of drug-likeness (QED) is 0.401. The lowest BCUT2D eigenvalue weighted by Gasteiger charge is -2.08. The Hall–Kier alpha value is -0.180. The molecular formula is C5H9NOS. The molecule has 8 heavy (non-hydrogen) atoms. The lowest BCUT2D eigenvalue weighted by atomic mass is 10.3. The predicted octanol–water partition coefficient (Wildman–Crippen LogP) is 1.69. The summed E-state index contributed by atoms with van der Waals surface area (Å²) in [5, 5.41) is 12.3. The van der Waals surface area contributed by atoms with Gasteiger partial charge in [-0.25, -0.2) is 0 Å². The fourth-order valence-corrected chi connectivity index (χ4v) is 1.65. The Bertz CT molecular complexity index is 94.6. The largest absolute Gasteiger partial charge is 0.410 e. The molecule has 0 spiro atoms. The smallest absolute Gasteiger partial charge is 0.112 e. The number of oxime groups is 1. The van der Waals surface area contributed by atoms with Gasteiger partial charge in [0.25, 0.3) is 0 Å². The molecule has 0 atom stereocenters. The summed E-state index contributed by atoms with van der Waals surface area (Å²) in [4.78, 5) is 0. The molecule has 1 heterocycles. The van der Waals surface area contributed by atoms with Crippen molar-refractivity contribution in [3.8, 4) is 0 Å². The maximum absolute atomic E-state index is 8.26. The second-order valence-corrected chi connectivity index (χ2v) is 2.97. The van der Waals surface area contributed by atoms with E-state index in [1.165, 1.54) is 12.8 Å². The van der Waals surface area contributed by atoms with Crippen LogP contribution >= 0.6 is 11.8 Å². The van der Waals surface area contributed by atoms with Gasteiger partial charge in [-0.15, -0.1) is 11.8 Å². The van der Waals surface area contributed by atoms with Crippen LogP contribution in [0.2, 0.25) is 0 Å². The van der Waals surface area contributed by atoms with Crippen LogP contribution in [0.4, 0.5) is 0 Å². The highest BCUT2D eigenvalue weighted by molar-refractivity contribution is 8.14. The van der Waals surface area contributed by atoms with E-state index in [0.29, 0.717) is 0 Å². The van der Waals surface area contributed by atoms with Gasteiger partial charge in [0.05, 0.1) is 0 Å². The van der Waals surface area contributed by atoms with Crippen molar-refractivity contribution in [2.45, 2.75) is 19.3 Å². The molecule has 1 N–H and O–H groups in total. The Morgan fingerprint density at radius 3 is 2.75 bits per heavy atom. The molecule has 0 saturated carbocycles. The van der Waals surface area contributed by atoms with Crippen molar-refractivity contribution in [1.29, 1.82) is 0 Å². The number of rotatable bonds is 0. The highest BCUT2D eigenvalue weighted by atomic mass is 32.2. The summed E-state index contributed by atoms with van der Waals surface area (Å²) in [7, 11) is 0. The summed E-state index contributed by atoms with van der Waals surface area (Å²) in [6, 6.07) is 0. The Balaban J connectivity index is 2.33. The third-order valence-corrected chi connectivity index (χ3v) is 2.28. The zero-order valence-electron chi connectivity index (χ0n) is 4.63. The molecule has 0 unspecified atom stereocenters. The van der Waals surface area contributed by atoms with Gasteiger partial charge in [-0.05, 0) is 25.0 Å². The van der Waals surface area contributed by atoms with Gasteiger partial charge in [0.2, 0.25) is 0 Å². The van der Waals surface area contributed by atoms with Gasteiger partial charge in [-0.2, -0.15) is 0 Å². The highest BCUT2D eigenvalue weighted by Gasteiger charge is 2.06. The summed E-state index contributed by atoms with van der Waals surface area (Å²) >= 11 is 1.66. The molecule has 0 amide bonds. The molecule has 1 saturated heterocycles. The van der Waals surface area contributed by atoms with Crippen molar-refractivity contribution in [2.75, 3.05) is 5.75 Å². The summed E-state index contributed by atoms with van der Waals surface area (Å²) < 4.78 is 0. The van der Waals surface area contributed by atoms with Crippen molar-refractivity contribution < 1.29 is 5.21 Å². The normalized spacial score (nSPS) is 26.2. The van der Waals surface area contributed by atoms with E-state index in [1.54, 1.807) is 11.8 Å². The Kier molecular flexibility index (Phi) is 2.21. The molecule has 0 aromatic carbocycles. The van der Waals surface area contributed by atoms with Crippen LogP contribution in [0.15, 0.2) is 5.16 Å². The van der Waals surface area contributed by atoms with Gasteiger partial charge in [0.1, 0.15) is 5.04 Å². The fraction of sp³-hybridized carbons (Fsp3) is 0.800. The molecular weight excluding hydrogens is 122 g/mol. The van der Waals surface area contributed by atoms with Crippen molar-refractivity contribution in [3.05, 3.63) is 0 Å². The van der Waals surface area contributed by atoms with E-state index in [4.69, 9.17) is 5.21 Å². The molecule has 1 aliphatic rings. The van der Waals surface area contributed by atoms with Gasteiger partial charge in [0, 0.05) is 0 Å². The number of thioether (sulfide) groups is 1. The van der Waals surface area contributed by atoms with Gasteiger partial charge in [0.15, 0.2) is 0 Å². The zero-order chi connectivity index (χ0) is 5.82. The summed E-state index contributed by atoms with van der Waals surface area (Å²) in [5.41, 5.74) is 0. The first-order chi connectivity index (χ1) is 3.93. The Morgan fingerprint density at radius 2 is 2.38 bits per heavy atom. The van der Waals surface area contributed by atoms with Crippen molar-refractivity contribution >= 4 is 16.8 Å². The minimum absolute atomic E-state index is 0.899. The van der Waals surface area contributed by atoms with Crippen molar-refractivity contribution in [3.63, 3.8) is 0 Å². The topological polar surface area (TPSA) is 32.6 Å². The standard InChI is InChI=1S/C5H9NOS/c7-6-5-3-1-2-4-8-5/h7H,1-4H2. The second kappa shape index (κ2) is 2.97. The highest BCUT2D eigenvalue weighted by Crippen LogP contribution is 2.18. The second-order valence-electron chi connectivity index (χ2n) is 1.80. The lowest BCUT2D eigenvalue weighted by molar-refractivity contribution is 0.319. The number of hydrogen-bond acceptors (Lipinski definition) is 3. The molecule has 0 bridgehead atoms. The third kappa shape index (κ3) is 1.40. The molecule has 0 aliphatic carbocycles. The third-order valence-electron chi connectivity index (χ3n) is 1.17. The molecule has 0 aromatic rings. The first-order valence-corrected chi connectivity index (χ1v) is 3.76. The van der Waals surface area contributed by atoms with Gasteiger partial charge in [-0.3, -0.25) is 0 Å². The minimum atomic E-state index is 0.899. The van der Waals surface area contributed by atoms with Crippen LogP contribution in [-0.4, -0.2) is 16.0 Å². The first kappa shape index (κ1) is 5.95. The molecule has 2 nitrogen and oxygen atoms in total. The van der Waals surface area contributed by atoms with E-state index >= 15 is 0 Å². The molecule has 0 radical (unpaired) electrons. The minimum Gasteiger partial charge on any atom is -0.410 e. The molecule has 1 aliphatic heterocycles. The summed E-state index contributed by atoms with van der Waals surface area (Å²) in [6.45, 7) is 0. The maximum atomic E-state index is 8.26. The van der Waals surface area contributed by atoms with Gasteiger partial charge >= 0.3 is 0 Å². The number of hydrogen-bond donors (Lipinski definition) is 1. The fourth-order valence-electron chi connectivity index (χ4n) is 0.719. The molecule has 0 aromatic heterocycles. The first-order valence-electron chi connectivity index (χ1n) is 2.77. The molecule has 1 rings (SSSR count). The molecule has 46 valence electrons. The lowest BCUT2D eigenvalue weighted by Crippen LogP contribution is -2.00.